The first-order chi connectivity index (χ1) is 10.4. The number of benzene rings is 1. The van der Waals surface area contributed by atoms with Gasteiger partial charge in [0.05, 0.1) is 23.4 Å². The smallest absolute Gasteiger partial charge is 0.305 e. The van der Waals surface area contributed by atoms with Crippen LogP contribution in [0, 0.1) is 6.92 Å². The number of carboxylic acid groups (broad SMARTS) is 1. The Bertz CT molecular complexity index is 695. The van der Waals surface area contributed by atoms with Gasteiger partial charge in [0.15, 0.2) is 0 Å². The molecule has 6 nitrogen and oxygen atoms in total. The van der Waals surface area contributed by atoms with Crippen molar-refractivity contribution in [2.24, 2.45) is 0 Å². The number of carbonyl (C=O) groups is 2. The van der Waals surface area contributed by atoms with Gasteiger partial charge < -0.3 is 10.4 Å². The highest BCUT2D eigenvalue weighted by molar-refractivity contribution is 6.30. The zero-order valence-corrected chi connectivity index (χ0v) is 13.0. The first-order valence-corrected chi connectivity index (χ1v) is 7.09. The van der Waals surface area contributed by atoms with Crippen molar-refractivity contribution in [1.29, 1.82) is 0 Å². The number of nitrogens with one attached hydrogen (secondary N) is 1. The summed E-state index contributed by atoms with van der Waals surface area (Å²) in [7, 11) is 0. The number of halogens is 1. The predicted molar refractivity (Wildman–Crippen MR) is 82.5 cm³/mol. The van der Waals surface area contributed by atoms with Crippen LogP contribution >= 0.6 is 11.6 Å². The van der Waals surface area contributed by atoms with Gasteiger partial charge in [-0.2, -0.15) is 5.10 Å². The maximum absolute atomic E-state index is 12.2. The van der Waals surface area contributed by atoms with Crippen molar-refractivity contribution in [1.82, 2.24) is 15.1 Å². The highest BCUT2D eigenvalue weighted by atomic mass is 35.5. The zero-order chi connectivity index (χ0) is 16.3. The lowest BCUT2D eigenvalue weighted by Crippen LogP contribution is -2.34. The van der Waals surface area contributed by atoms with Crippen LogP contribution in [0.1, 0.15) is 29.4 Å². The van der Waals surface area contributed by atoms with E-state index in [0.717, 1.165) is 5.69 Å². The fourth-order valence-electron chi connectivity index (χ4n) is 2.02. The number of aliphatic carboxylic acids is 1. The number of rotatable bonds is 5. The second-order valence-electron chi connectivity index (χ2n) is 5.02. The fraction of sp³-hybridized carbons (Fsp3) is 0.267. The third-order valence-electron chi connectivity index (χ3n) is 3.09. The summed E-state index contributed by atoms with van der Waals surface area (Å²) >= 11 is 5.84. The molecule has 0 spiro atoms. The van der Waals surface area contributed by atoms with Gasteiger partial charge in [0.1, 0.15) is 0 Å². The molecule has 7 heteroatoms. The zero-order valence-electron chi connectivity index (χ0n) is 12.2. The normalized spacial score (nSPS) is 12.0. The highest BCUT2D eigenvalue weighted by Crippen LogP contribution is 2.15. The van der Waals surface area contributed by atoms with E-state index < -0.39 is 12.0 Å². The van der Waals surface area contributed by atoms with Crippen molar-refractivity contribution in [2.45, 2.75) is 26.3 Å². The Hall–Kier alpha value is -2.34. The Morgan fingerprint density at radius 1 is 1.36 bits per heavy atom. The summed E-state index contributed by atoms with van der Waals surface area (Å²) < 4.78 is 1.59. The molecule has 1 aromatic heterocycles. The third-order valence-corrected chi connectivity index (χ3v) is 3.34. The third kappa shape index (κ3) is 3.85. The molecule has 2 N–H and O–H groups in total. The first-order valence-electron chi connectivity index (χ1n) is 6.71. The SMILES string of the molecule is Cc1nn(-c2ccc(Cl)cc2)cc1C(=O)N[C@@H](C)CC(=O)O. The fourth-order valence-corrected chi connectivity index (χ4v) is 2.15. The molecule has 1 heterocycles. The number of amides is 1. The van der Waals surface area contributed by atoms with Gasteiger partial charge in [-0.1, -0.05) is 11.6 Å². The molecule has 0 fully saturated rings. The number of carboxylic acids is 1. The number of aryl methyl sites for hydroxylation is 1. The molecule has 0 aliphatic heterocycles. The number of aromatic nitrogens is 2. The van der Waals surface area contributed by atoms with E-state index in [-0.39, 0.29) is 12.3 Å². The monoisotopic (exact) mass is 321 g/mol. The summed E-state index contributed by atoms with van der Waals surface area (Å²) in [6, 6.07) is 6.61. The summed E-state index contributed by atoms with van der Waals surface area (Å²) in [6.45, 7) is 3.37. The molecule has 0 unspecified atom stereocenters. The van der Waals surface area contributed by atoms with Crippen molar-refractivity contribution in [3.8, 4) is 5.69 Å². The van der Waals surface area contributed by atoms with Gasteiger partial charge in [-0.15, -0.1) is 0 Å². The second kappa shape index (κ2) is 6.62. The Morgan fingerprint density at radius 2 is 2.00 bits per heavy atom. The number of nitrogens with zero attached hydrogens (tertiary/aromatic N) is 2. The lowest BCUT2D eigenvalue weighted by Gasteiger charge is -2.10. The van der Waals surface area contributed by atoms with E-state index in [4.69, 9.17) is 16.7 Å². The molecule has 0 aliphatic carbocycles. The minimum Gasteiger partial charge on any atom is -0.481 e. The lowest BCUT2D eigenvalue weighted by molar-refractivity contribution is -0.137. The molecule has 0 saturated heterocycles. The number of hydrogen-bond donors (Lipinski definition) is 2. The van der Waals surface area contributed by atoms with Crippen molar-refractivity contribution in [2.75, 3.05) is 0 Å². The summed E-state index contributed by atoms with van der Waals surface area (Å²) in [6.07, 6.45) is 1.48. The minimum absolute atomic E-state index is 0.129. The minimum atomic E-state index is -0.957. The second-order valence-corrected chi connectivity index (χ2v) is 5.46. The molecule has 22 heavy (non-hydrogen) atoms. The van der Waals surface area contributed by atoms with E-state index in [2.05, 4.69) is 10.4 Å². The molecule has 1 amide bonds. The number of carbonyl (C=O) groups excluding carboxylic acids is 1. The van der Waals surface area contributed by atoms with Crippen LogP contribution in [0.5, 0.6) is 0 Å². The van der Waals surface area contributed by atoms with Crippen molar-refractivity contribution >= 4 is 23.5 Å². The standard InChI is InChI=1S/C15H16ClN3O3/c1-9(7-14(20)21)17-15(22)13-8-19(18-10(13)2)12-5-3-11(16)4-6-12/h3-6,8-9H,7H2,1-2H3,(H,17,22)(H,20,21)/t9-/m0/s1. The van der Waals surface area contributed by atoms with Gasteiger partial charge in [0, 0.05) is 17.3 Å². The molecule has 2 rings (SSSR count). The topological polar surface area (TPSA) is 84.2 Å². The van der Waals surface area contributed by atoms with Crippen LogP contribution in [0.3, 0.4) is 0 Å². The van der Waals surface area contributed by atoms with Gasteiger partial charge >= 0.3 is 5.97 Å². The van der Waals surface area contributed by atoms with Crippen molar-refractivity contribution < 1.29 is 14.7 Å². The van der Waals surface area contributed by atoms with Crippen LogP contribution in [0.25, 0.3) is 5.69 Å². The van der Waals surface area contributed by atoms with Gasteiger partial charge in [-0.05, 0) is 38.1 Å². The highest BCUT2D eigenvalue weighted by Gasteiger charge is 2.17. The largest absolute Gasteiger partial charge is 0.481 e. The summed E-state index contributed by atoms with van der Waals surface area (Å²) in [4.78, 5) is 22.8. The van der Waals surface area contributed by atoms with Crippen LogP contribution in [-0.4, -0.2) is 32.8 Å². The van der Waals surface area contributed by atoms with Crippen molar-refractivity contribution in [3.05, 3.63) is 46.7 Å². The van der Waals surface area contributed by atoms with Crippen LogP contribution in [0.2, 0.25) is 5.02 Å². The van der Waals surface area contributed by atoms with Crippen LogP contribution in [0.15, 0.2) is 30.5 Å². The molecule has 1 atom stereocenters. The molecule has 0 aliphatic rings. The van der Waals surface area contributed by atoms with E-state index in [1.807, 2.05) is 0 Å². The maximum atomic E-state index is 12.2. The quantitative estimate of drug-likeness (QED) is 0.885. The Kier molecular flexibility index (Phi) is 4.82. The average molecular weight is 322 g/mol. The average Bonchev–Trinajstić information content (AvgIpc) is 2.80. The Labute approximate surface area is 132 Å². The maximum Gasteiger partial charge on any atom is 0.305 e. The summed E-state index contributed by atoms with van der Waals surface area (Å²) in [5.74, 6) is -1.30. The van der Waals surface area contributed by atoms with E-state index in [0.29, 0.717) is 16.3 Å². The Balaban J connectivity index is 2.17. The Morgan fingerprint density at radius 3 is 2.59 bits per heavy atom. The molecule has 116 valence electrons. The van der Waals surface area contributed by atoms with E-state index in [1.165, 1.54) is 0 Å². The first kappa shape index (κ1) is 16.0. The van der Waals surface area contributed by atoms with Gasteiger partial charge in [0.2, 0.25) is 0 Å². The number of hydrogen-bond acceptors (Lipinski definition) is 3. The molecule has 0 bridgehead atoms. The summed E-state index contributed by atoms with van der Waals surface area (Å²) in [5.41, 5.74) is 1.76. The molecular formula is C15H16ClN3O3. The van der Waals surface area contributed by atoms with Gasteiger partial charge in [-0.25, -0.2) is 4.68 Å². The van der Waals surface area contributed by atoms with Crippen LogP contribution in [-0.2, 0) is 4.79 Å². The summed E-state index contributed by atoms with van der Waals surface area (Å²) in [5, 5.41) is 16.3. The predicted octanol–water partition coefficient (Wildman–Crippen LogP) is 2.43. The van der Waals surface area contributed by atoms with E-state index in [9.17, 15) is 9.59 Å². The van der Waals surface area contributed by atoms with Crippen LogP contribution in [0.4, 0.5) is 0 Å². The molecular weight excluding hydrogens is 306 g/mol. The van der Waals surface area contributed by atoms with Crippen molar-refractivity contribution in [3.63, 3.8) is 0 Å². The van der Waals surface area contributed by atoms with E-state index >= 15 is 0 Å². The lowest BCUT2D eigenvalue weighted by atomic mass is 10.2. The molecule has 0 radical (unpaired) electrons. The van der Waals surface area contributed by atoms with E-state index in [1.54, 1.807) is 49.0 Å². The molecule has 2 aromatic rings. The molecule has 0 saturated carbocycles. The van der Waals surface area contributed by atoms with Crippen LogP contribution < -0.4 is 5.32 Å². The molecule has 1 aromatic carbocycles. The van der Waals surface area contributed by atoms with Gasteiger partial charge in [0.25, 0.3) is 5.91 Å². The van der Waals surface area contributed by atoms with Gasteiger partial charge in [-0.3, -0.25) is 9.59 Å².